The van der Waals surface area contributed by atoms with Crippen LogP contribution in [0, 0.1) is 17.6 Å². The SMILES string of the molecule is O=C1[C@H]2N=NN(CC(=O)N3N=C4/C(=C/c5ccc(F)cc5)CCC[C@H]4[C@H]3c3ccc(F)cc3)[C@@H]2C(=O)N1c1ccccc1. The predicted octanol–water partition coefficient (Wildman–Crippen LogP) is 5.08. The van der Waals surface area contributed by atoms with Crippen LogP contribution in [-0.4, -0.2) is 52.1 Å². The third-order valence-corrected chi connectivity index (χ3v) is 8.35. The van der Waals surface area contributed by atoms with Gasteiger partial charge in [-0.2, -0.15) is 10.2 Å². The highest BCUT2D eigenvalue weighted by Gasteiger charge is 2.55. The zero-order valence-corrected chi connectivity index (χ0v) is 22.9. The summed E-state index contributed by atoms with van der Waals surface area (Å²) in [7, 11) is 0. The minimum absolute atomic E-state index is 0.147. The molecule has 0 radical (unpaired) electrons. The Morgan fingerprint density at radius 2 is 1.58 bits per heavy atom. The molecule has 0 unspecified atom stereocenters. The molecule has 216 valence electrons. The highest BCUT2D eigenvalue weighted by molar-refractivity contribution is 6.25. The van der Waals surface area contributed by atoms with Gasteiger partial charge in [0.2, 0.25) is 0 Å². The lowest BCUT2D eigenvalue weighted by atomic mass is 9.77. The van der Waals surface area contributed by atoms with Gasteiger partial charge < -0.3 is 0 Å². The first kappa shape index (κ1) is 26.8. The molecule has 43 heavy (non-hydrogen) atoms. The minimum atomic E-state index is -1.04. The molecular weight excluding hydrogens is 554 g/mol. The minimum Gasteiger partial charge on any atom is -0.271 e. The average Bonchev–Trinajstić information content (AvgIpc) is 3.68. The summed E-state index contributed by atoms with van der Waals surface area (Å²) in [6, 6.07) is 18.2. The molecule has 3 aromatic rings. The van der Waals surface area contributed by atoms with Gasteiger partial charge in [0.15, 0.2) is 12.1 Å². The third-order valence-electron chi connectivity index (χ3n) is 8.35. The second kappa shape index (κ2) is 10.6. The molecule has 1 aliphatic carbocycles. The summed E-state index contributed by atoms with van der Waals surface area (Å²) in [5.41, 5.74) is 3.67. The molecule has 0 spiro atoms. The summed E-state index contributed by atoms with van der Waals surface area (Å²) in [4.78, 5) is 41.5. The molecule has 11 heteroatoms. The number of hydrazone groups is 1. The van der Waals surface area contributed by atoms with Crippen molar-refractivity contribution in [2.24, 2.45) is 21.4 Å². The third kappa shape index (κ3) is 4.70. The van der Waals surface area contributed by atoms with Crippen LogP contribution in [0.1, 0.15) is 36.4 Å². The van der Waals surface area contributed by atoms with Crippen LogP contribution in [0.4, 0.5) is 14.5 Å². The lowest BCUT2D eigenvalue weighted by Crippen LogP contribution is -2.45. The molecule has 0 bridgehead atoms. The maximum absolute atomic E-state index is 14.0. The molecule has 4 aliphatic rings. The van der Waals surface area contributed by atoms with E-state index in [1.54, 1.807) is 54.6 Å². The number of rotatable bonds is 5. The van der Waals surface area contributed by atoms with E-state index in [1.807, 2.05) is 6.08 Å². The Bertz CT molecular complexity index is 1690. The molecule has 3 aliphatic heterocycles. The fourth-order valence-electron chi connectivity index (χ4n) is 6.36. The number of benzene rings is 3. The molecule has 9 nitrogen and oxygen atoms in total. The standard InChI is InChI=1S/C32H26F2N6O3/c33-22-13-9-19(10-14-22)17-21-5-4-8-25-27(21)36-40(29(25)20-11-15-23(34)16-12-20)26(41)18-38-30-28(35-37-38)31(42)39(32(30)43)24-6-2-1-3-7-24/h1-3,6-7,9-17,25,28-30H,4-5,8,18H2/b21-17+/t25-,28+,29-,30+/m1/s1. The van der Waals surface area contributed by atoms with Crippen molar-refractivity contribution in [1.82, 2.24) is 10.0 Å². The van der Waals surface area contributed by atoms with Gasteiger partial charge in [-0.25, -0.2) is 18.7 Å². The number of carbonyl (C=O) groups is 3. The number of para-hydroxylation sites is 1. The van der Waals surface area contributed by atoms with Crippen molar-refractivity contribution >= 4 is 35.2 Å². The van der Waals surface area contributed by atoms with Gasteiger partial charge in [0.05, 0.1) is 17.4 Å². The van der Waals surface area contributed by atoms with Gasteiger partial charge in [0.1, 0.15) is 18.2 Å². The number of amides is 3. The number of carbonyl (C=O) groups excluding carboxylic acids is 3. The van der Waals surface area contributed by atoms with Crippen molar-refractivity contribution < 1.29 is 23.2 Å². The fourth-order valence-corrected chi connectivity index (χ4v) is 6.36. The van der Waals surface area contributed by atoms with E-state index in [9.17, 15) is 23.2 Å². The smallest absolute Gasteiger partial charge is 0.264 e. The summed E-state index contributed by atoms with van der Waals surface area (Å²) in [5.74, 6) is -2.29. The number of allylic oxidation sites excluding steroid dienone is 1. The molecular formula is C32H26F2N6O3. The van der Waals surface area contributed by atoms with Crippen molar-refractivity contribution in [1.29, 1.82) is 0 Å². The zero-order valence-electron chi connectivity index (χ0n) is 22.9. The van der Waals surface area contributed by atoms with E-state index < -0.39 is 41.7 Å². The Balaban J connectivity index is 1.19. The Morgan fingerprint density at radius 1 is 0.884 bits per heavy atom. The van der Waals surface area contributed by atoms with Crippen LogP contribution in [-0.2, 0) is 14.4 Å². The molecule has 1 saturated carbocycles. The van der Waals surface area contributed by atoms with Gasteiger partial charge in [-0.3, -0.25) is 19.4 Å². The second-order valence-electron chi connectivity index (χ2n) is 11.0. The predicted molar refractivity (Wildman–Crippen MR) is 153 cm³/mol. The number of hydrogen-bond donors (Lipinski definition) is 0. The van der Waals surface area contributed by atoms with E-state index in [1.165, 1.54) is 34.3 Å². The van der Waals surface area contributed by atoms with Crippen LogP contribution in [0.2, 0.25) is 0 Å². The van der Waals surface area contributed by atoms with E-state index in [0.717, 1.165) is 46.6 Å². The second-order valence-corrected chi connectivity index (χ2v) is 11.0. The Kier molecular flexibility index (Phi) is 6.64. The van der Waals surface area contributed by atoms with Crippen LogP contribution in [0.25, 0.3) is 6.08 Å². The summed E-state index contributed by atoms with van der Waals surface area (Å²) in [6.45, 7) is -0.329. The fraction of sp³-hybridized carbons (Fsp3) is 0.250. The summed E-state index contributed by atoms with van der Waals surface area (Å²) in [6.07, 6.45) is 4.31. The quantitative estimate of drug-likeness (QED) is 0.393. The van der Waals surface area contributed by atoms with Crippen LogP contribution >= 0.6 is 0 Å². The summed E-state index contributed by atoms with van der Waals surface area (Å²) in [5, 5.41) is 15.6. The van der Waals surface area contributed by atoms with Crippen molar-refractivity contribution in [3.05, 3.63) is 107 Å². The number of hydrogen-bond acceptors (Lipinski definition) is 7. The number of anilines is 1. The topological polar surface area (TPSA) is 98.0 Å². The molecule has 4 atom stereocenters. The van der Waals surface area contributed by atoms with Gasteiger partial charge in [0.25, 0.3) is 17.7 Å². The number of imide groups is 1. The molecule has 3 heterocycles. The maximum atomic E-state index is 14.0. The Hall–Kier alpha value is -5.06. The lowest BCUT2D eigenvalue weighted by molar-refractivity contribution is -0.136. The van der Waals surface area contributed by atoms with Crippen LogP contribution in [0.3, 0.4) is 0 Å². The number of halogens is 2. The van der Waals surface area contributed by atoms with E-state index in [0.29, 0.717) is 5.69 Å². The highest BCUT2D eigenvalue weighted by atomic mass is 19.1. The maximum Gasteiger partial charge on any atom is 0.264 e. The van der Waals surface area contributed by atoms with Gasteiger partial charge >= 0.3 is 0 Å². The van der Waals surface area contributed by atoms with Crippen LogP contribution in [0.15, 0.2) is 99.9 Å². The van der Waals surface area contributed by atoms with E-state index in [2.05, 4.69) is 10.3 Å². The average molecular weight is 581 g/mol. The van der Waals surface area contributed by atoms with E-state index in [4.69, 9.17) is 5.10 Å². The van der Waals surface area contributed by atoms with Crippen molar-refractivity contribution in [2.75, 3.05) is 11.4 Å². The molecule has 3 aromatic carbocycles. The van der Waals surface area contributed by atoms with Crippen LogP contribution < -0.4 is 4.90 Å². The van der Waals surface area contributed by atoms with Gasteiger partial charge in [0, 0.05) is 5.92 Å². The number of fused-ring (bicyclic) bond motifs is 2. The van der Waals surface area contributed by atoms with Crippen molar-refractivity contribution in [3.63, 3.8) is 0 Å². The molecule has 2 fully saturated rings. The molecule has 0 aromatic heterocycles. The monoisotopic (exact) mass is 580 g/mol. The number of nitrogens with zero attached hydrogens (tertiary/aromatic N) is 6. The lowest BCUT2D eigenvalue weighted by Gasteiger charge is -2.30. The molecule has 3 amide bonds. The van der Waals surface area contributed by atoms with Crippen LogP contribution in [0.5, 0.6) is 0 Å². The first-order valence-electron chi connectivity index (χ1n) is 14.1. The van der Waals surface area contributed by atoms with Crippen molar-refractivity contribution in [3.8, 4) is 0 Å². The molecule has 7 rings (SSSR count). The van der Waals surface area contributed by atoms with Gasteiger partial charge in [-0.1, -0.05) is 47.7 Å². The molecule has 0 N–H and O–H groups in total. The highest BCUT2D eigenvalue weighted by Crippen LogP contribution is 2.45. The van der Waals surface area contributed by atoms with Crippen molar-refractivity contribution in [2.45, 2.75) is 37.4 Å². The van der Waals surface area contributed by atoms with E-state index >= 15 is 0 Å². The Labute approximate surface area is 245 Å². The van der Waals surface area contributed by atoms with E-state index in [-0.39, 0.29) is 18.3 Å². The first-order chi connectivity index (χ1) is 20.9. The van der Waals surface area contributed by atoms with Gasteiger partial charge in [-0.15, -0.1) is 0 Å². The summed E-state index contributed by atoms with van der Waals surface area (Å²) < 4.78 is 27.4. The largest absolute Gasteiger partial charge is 0.271 e. The first-order valence-corrected chi connectivity index (χ1v) is 14.1. The van der Waals surface area contributed by atoms with Gasteiger partial charge in [-0.05, 0) is 78.4 Å². The zero-order chi connectivity index (χ0) is 29.7. The summed E-state index contributed by atoms with van der Waals surface area (Å²) >= 11 is 0. The Morgan fingerprint density at radius 3 is 2.30 bits per heavy atom. The molecule has 1 saturated heterocycles. The normalized spacial score (nSPS) is 25.4.